The van der Waals surface area contributed by atoms with Crippen molar-refractivity contribution in [3.63, 3.8) is 0 Å². The van der Waals surface area contributed by atoms with Crippen molar-refractivity contribution >= 4 is 11.8 Å². The van der Waals surface area contributed by atoms with E-state index in [0.717, 1.165) is 44.9 Å². The minimum Gasteiger partial charge on any atom is -0.340 e. The van der Waals surface area contributed by atoms with Gasteiger partial charge >= 0.3 is 0 Å². The minimum absolute atomic E-state index is 0.0228. The molecule has 2 amide bonds. The Hall–Kier alpha value is -1.13. The lowest BCUT2D eigenvalue weighted by molar-refractivity contribution is -0.165. The van der Waals surface area contributed by atoms with Crippen molar-refractivity contribution < 1.29 is 14.0 Å². The highest BCUT2D eigenvalue weighted by molar-refractivity contribution is 6.02. The van der Waals surface area contributed by atoms with Gasteiger partial charge in [0.25, 0.3) is 0 Å². The molecule has 118 valence electrons. The maximum Gasteiger partial charge on any atom is 0.249 e. The standard InChI is InChI=1S/C16H25FN2O2/c1-15(12-6-7-12)13(20)18-16(8-3-2-4-9-16)14(21)19(15)11-5-10-17/h12H,2-11H2,1H3,(H,18,20). The van der Waals surface area contributed by atoms with E-state index in [9.17, 15) is 14.0 Å². The lowest BCUT2D eigenvalue weighted by atomic mass is 9.75. The average Bonchev–Trinajstić information content (AvgIpc) is 3.31. The normalized spacial score (nSPS) is 32.4. The van der Waals surface area contributed by atoms with Crippen LogP contribution in [0.15, 0.2) is 0 Å². The first kappa shape index (κ1) is 14.8. The maximum atomic E-state index is 13.1. The number of hydrogen-bond acceptors (Lipinski definition) is 2. The van der Waals surface area contributed by atoms with Crippen molar-refractivity contribution in [2.75, 3.05) is 13.2 Å². The zero-order valence-corrected chi connectivity index (χ0v) is 12.8. The van der Waals surface area contributed by atoms with E-state index < -0.39 is 17.8 Å². The number of nitrogens with one attached hydrogen (secondary N) is 1. The van der Waals surface area contributed by atoms with E-state index in [1.165, 1.54) is 0 Å². The summed E-state index contributed by atoms with van der Waals surface area (Å²) in [6.45, 7) is 1.78. The highest BCUT2D eigenvalue weighted by Crippen LogP contribution is 2.47. The number of piperazine rings is 1. The highest BCUT2D eigenvalue weighted by atomic mass is 19.1. The Bertz CT molecular complexity index is 444. The fourth-order valence-corrected chi connectivity index (χ4v) is 4.09. The number of nitrogens with zero attached hydrogens (tertiary/aromatic N) is 1. The van der Waals surface area contributed by atoms with E-state index in [4.69, 9.17) is 0 Å². The van der Waals surface area contributed by atoms with E-state index in [1.54, 1.807) is 4.90 Å². The molecule has 0 aromatic heterocycles. The van der Waals surface area contributed by atoms with Crippen LogP contribution in [0.5, 0.6) is 0 Å². The Morgan fingerprint density at radius 3 is 2.48 bits per heavy atom. The topological polar surface area (TPSA) is 49.4 Å². The summed E-state index contributed by atoms with van der Waals surface area (Å²) in [6.07, 6.45) is 6.81. The fraction of sp³-hybridized carbons (Fsp3) is 0.875. The molecule has 0 bridgehead atoms. The average molecular weight is 296 g/mol. The SMILES string of the molecule is CC1(C2CC2)C(=O)NC2(CCCCC2)C(=O)N1CCCF. The Balaban J connectivity index is 1.91. The zero-order chi connectivity index (χ0) is 15.1. The van der Waals surface area contributed by atoms with Crippen LogP contribution in [-0.2, 0) is 9.59 Å². The van der Waals surface area contributed by atoms with Crippen molar-refractivity contribution in [1.29, 1.82) is 0 Å². The van der Waals surface area contributed by atoms with E-state index >= 15 is 0 Å². The largest absolute Gasteiger partial charge is 0.340 e. The first-order valence-electron chi connectivity index (χ1n) is 8.25. The molecule has 21 heavy (non-hydrogen) atoms. The summed E-state index contributed by atoms with van der Waals surface area (Å²) in [6, 6.07) is 0. The third-order valence-electron chi connectivity index (χ3n) is 5.62. The van der Waals surface area contributed by atoms with Gasteiger partial charge in [0, 0.05) is 6.54 Å². The molecule has 3 rings (SSSR count). The fourth-order valence-electron chi connectivity index (χ4n) is 4.09. The second kappa shape index (κ2) is 5.25. The van der Waals surface area contributed by atoms with Crippen LogP contribution in [0.2, 0.25) is 0 Å². The van der Waals surface area contributed by atoms with Crippen molar-refractivity contribution in [2.24, 2.45) is 5.92 Å². The molecule has 5 heteroatoms. The number of alkyl halides is 1. The number of halogens is 1. The predicted octanol–water partition coefficient (Wildman–Crippen LogP) is 2.18. The molecule has 1 N–H and O–H groups in total. The van der Waals surface area contributed by atoms with Crippen molar-refractivity contribution in [2.45, 2.75) is 69.4 Å². The van der Waals surface area contributed by atoms with Crippen molar-refractivity contribution in [3.05, 3.63) is 0 Å². The van der Waals surface area contributed by atoms with Gasteiger partial charge in [-0.25, -0.2) is 0 Å². The Kier molecular flexibility index (Phi) is 3.70. The Labute approximate surface area is 125 Å². The molecule has 4 nitrogen and oxygen atoms in total. The number of amides is 2. The van der Waals surface area contributed by atoms with Crippen LogP contribution >= 0.6 is 0 Å². The smallest absolute Gasteiger partial charge is 0.249 e. The van der Waals surface area contributed by atoms with E-state index in [2.05, 4.69) is 5.32 Å². The zero-order valence-electron chi connectivity index (χ0n) is 12.8. The van der Waals surface area contributed by atoms with Crippen LogP contribution in [0.1, 0.15) is 58.3 Å². The number of rotatable bonds is 4. The van der Waals surface area contributed by atoms with E-state index in [1.807, 2.05) is 6.92 Å². The van der Waals surface area contributed by atoms with Gasteiger partial charge in [0.05, 0.1) is 6.67 Å². The molecule has 1 aliphatic heterocycles. The van der Waals surface area contributed by atoms with Crippen LogP contribution in [0.3, 0.4) is 0 Å². The number of carbonyl (C=O) groups excluding carboxylic acids is 2. The molecule has 3 aliphatic rings. The van der Waals surface area contributed by atoms with Gasteiger partial charge in [-0.15, -0.1) is 0 Å². The van der Waals surface area contributed by atoms with Crippen LogP contribution in [-0.4, -0.2) is 41.0 Å². The van der Waals surface area contributed by atoms with Gasteiger partial charge in [0.15, 0.2) is 0 Å². The molecule has 1 spiro atoms. The molecule has 1 atom stereocenters. The summed E-state index contributed by atoms with van der Waals surface area (Å²) < 4.78 is 12.6. The molecule has 0 radical (unpaired) electrons. The Morgan fingerprint density at radius 1 is 1.24 bits per heavy atom. The minimum atomic E-state index is -0.769. The van der Waals surface area contributed by atoms with Gasteiger partial charge in [-0.1, -0.05) is 19.3 Å². The maximum absolute atomic E-state index is 13.1. The summed E-state index contributed by atoms with van der Waals surface area (Å²) in [7, 11) is 0. The quantitative estimate of drug-likeness (QED) is 0.864. The van der Waals surface area contributed by atoms with E-state index in [0.29, 0.717) is 13.0 Å². The summed E-state index contributed by atoms with van der Waals surface area (Å²) in [5.41, 5.74) is -1.48. The van der Waals surface area contributed by atoms with Crippen LogP contribution < -0.4 is 5.32 Å². The van der Waals surface area contributed by atoms with Gasteiger partial charge < -0.3 is 10.2 Å². The summed E-state index contributed by atoms with van der Waals surface area (Å²) in [4.78, 5) is 27.6. The van der Waals surface area contributed by atoms with Gasteiger partial charge in [-0.2, -0.15) is 0 Å². The third kappa shape index (κ3) is 2.25. The molecule has 0 aromatic carbocycles. The summed E-state index contributed by atoms with van der Waals surface area (Å²) >= 11 is 0. The number of hydrogen-bond donors (Lipinski definition) is 1. The molecular formula is C16H25FN2O2. The van der Waals surface area contributed by atoms with Gasteiger partial charge in [0.2, 0.25) is 11.8 Å². The molecule has 1 heterocycles. The molecule has 2 aliphatic carbocycles. The Morgan fingerprint density at radius 2 is 1.90 bits per heavy atom. The molecular weight excluding hydrogens is 271 g/mol. The first-order valence-corrected chi connectivity index (χ1v) is 8.25. The predicted molar refractivity (Wildman–Crippen MR) is 77.4 cm³/mol. The first-order chi connectivity index (χ1) is 10.0. The lowest BCUT2D eigenvalue weighted by Gasteiger charge is -2.52. The molecule has 2 saturated carbocycles. The second-order valence-electron chi connectivity index (χ2n) is 7.02. The van der Waals surface area contributed by atoms with Crippen LogP contribution in [0, 0.1) is 5.92 Å². The molecule has 1 unspecified atom stereocenters. The van der Waals surface area contributed by atoms with Crippen molar-refractivity contribution in [3.8, 4) is 0 Å². The summed E-state index contributed by atoms with van der Waals surface area (Å²) in [5.74, 6) is 0.247. The molecule has 1 saturated heterocycles. The van der Waals surface area contributed by atoms with E-state index in [-0.39, 0.29) is 17.7 Å². The monoisotopic (exact) mass is 296 g/mol. The van der Waals surface area contributed by atoms with Crippen LogP contribution in [0.4, 0.5) is 4.39 Å². The third-order valence-corrected chi connectivity index (χ3v) is 5.62. The highest BCUT2D eigenvalue weighted by Gasteiger charge is 2.61. The molecule has 3 fully saturated rings. The van der Waals surface area contributed by atoms with Crippen LogP contribution in [0.25, 0.3) is 0 Å². The number of carbonyl (C=O) groups is 2. The van der Waals surface area contributed by atoms with Gasteiger partial charge in [-0.3, -0.25) is 14.0 Å². The summed E-state index contributed by atoms with van der Waals surface area (Å²) in [5, 5.41) is 3.08. The van der Waals surface area contributed by atoms with Gasteiger partial charge in [-0.05, 0) is 44.9 Å². The van der Waals surface area contributed by atoms with Gasteiger partial charge in [0.1, 0.15) is 11.1 Å². The molecule has 0 aromatic rings. The second-order valence-corrected chi connectivity index (χ2v) is 7.02. The lowest BCUT2D eigenvalue weighted by Crippen LogP contribution is -2.76. The van der Waals surface area contributed by atoms with Crippen molar-refractivity contribution in [1.82, 2.24) is 10.2 Å².